The minimum Gasteiger partial charge on any atom is -0.418 e. The van der Waals surface area contributed by atoms with Gasteiger partial charge in [-0.3, -0.25) is 0 Å². The molecular formula is C14H25NO3. The first-order chi connectivity index (χ1) is 8.31. The van der Waals surface area contributed by atoms with Crippen molar-refractivity contribution in [2.45, 2.75) is 52.8 Å². The maximum atomic E-state index is 11.8. The van der Waals surface area contributed by atoms with Gasteiger partial charge in [-0.1, -0.05) is 13.0 Å². The quantitative estimate of drug-likeness (QED) is 0.586. The first-order valence-electron chi connectivity index (χ1n) is 6.27. The van der Waals surface area contributed by atoms with E-state index in [1.165, 1.54) is 12.3 Å². The normalized spacial score (nSPS) is 14.9. The Balaban J connectivity index is 4.40. The molecule has 0 aromatic rings. The molecule has 1 amide bonds. The number of carbonyl (C=O) groups excluding carboxylic acids is 1. The van der Waals surface area contributed by atoms with Gasteiger partial charge in [-0.2, -0.15) is 0 Å². The number of amides is 1. The largest absolute Gasteiger partial charge is 0.418 e. The third-order valence-corrected chi connectivity index (χ3v) is 2.65. The van der Waals surface area contributed by atoms with Gasteiger partial charge in [0.25, 0.3) is 0 Å². The van der Waals surface area contributed by atoms with Gasteiger partial charge in [0.2, 0.25) is 0 Å². The second-order valence-corrected chi connectivity index (χ2v) is 4.89. The van der Waals surface area contributed by atoms with Crippen LogP contribution in [0.15, 0.2) is 25.0 Å². The summed E-state index contributed by atoms with van der Waals surface area (Å²) in [4.78, 5) is 13.5. The van der Waals surface area contributed by atoms with Crippen molar-refractivity contribution in [1.82, 2.24) is 4.90 Å². The fourth-order valence-corrected chi connectivity index (χ4v) is 1.63. The summed E-state index contributed by atoms with van der Waals surface area (Å²) in [5.74, 6) is -0.137. The zero-order valence-electron chi connectivity index (χ0n) is 12.0. The average Bonchev–Trinajstić information content (AvgIpc) is 2.26. The summed E-state index contributed by atoms with van der Waals surface area (Å²) in [7, 11) is 0. The van der Waals surface area contributed by atoms with Crippen LogP contribution < -0.4 is 0 Å². The lowest BCUT2D eigenvalue weighted by Gasteiger charge is -2.28. The van der Waals surface area contributed by atoms with Gasteiger partial charge in [0.05, 0.1) is 12.4 Å². The van der Waals surface area contributed by atoms with Gasteiger partial charge < -0.3 is 14.7 Å². The highest BCUT2D eigenvalue weighted by molar-refractivity contribution is 5.68. The molecule has 0 saturated carbocycles. The van der Waals surface area contributed by atoms with Gasteiger partial charge >= 0.3 is 6.09 Å². The first kappa shape index (κ1) is 16.7. The smallest absolute Gasteiger partial charge is 0.415 e. The number of carbonyl (C=O) groups is 1. The highest BCUT2D eigenvalue weighted by Gasteiger charge is 2.20. The van der Waals surface area contributed by atoms with Gasteiger partial charge in [-0.15, -0.1) is 6.58 Å². The Morgan fingerprint density at radius 2 is 1.72 bits per heavy atom. The summed E-state index contributed by atoms with van der Waals surface area (Å²) in [6, 6.07) is 0.171. The second-order valence-electron chi connectivity index (χ2n) is 4.89. The number of hydrogen-bond acceptors (Lipinski definition) is 3. The van der Waals surface area contributed by atoms with Crippen molar-refractivity contribution in [3.05, 3.63) is 25.0 Å². The molecule has 0 aliphatic carbocycles. The predicted octanol–water partition coefficient (Wildman–Crippen LogP) is 2.94. The summed E-state index contributed by atoms with van der Waals surface area (Å²) >= 11 is 0. The Kier molecular flexibility index (Phi) is 7.36. The molecule has 0 fully saturated rings. The average molecular weight is 255 g/mol. The van der Waals surface area contributed by atoms with Crippen LogP contribution in [0.1, 0.15) is 34.6 Å². The Labute approximate surface area is 110 Å². The van der Waals surface area contributed by atoms with Crippen molar-refractivity contribution >= 4 is 6.09 Å². The number of rotatable bonds is 6. The van der Waals surface area contributed by atoms with Crippen LogP contribution in [-0.2, 0) is 4.74 Å². The van der Waals surface area contributed by atoms with Crippen LogP contribution in [0, 0.1) is 5.92 Å². The van der Waals surface area contributed by atoms with Gasteiger partial charge in [0, 0.05) is 18.0 Å². The van der Waals surface area contributed by atoms with Gasteiger partial charge in [-0.25, -0.2) is 4.79 Å². The fraction of sp³-hybridized carbons (Fsp3) is 0.643. The third kappa shape index (κ3) is 5.36. The molecule has 4 heteroatoms. The standard InChI is InChI=1S/C14H25NO3/c1-7-13(16)12(6)8-9-18-14(17)15(10(2)3)11(4)5/h7-13,16H,1H2,2-6H3/b9-8+/t12-,13+/m0/s1. The van der Waals surface area contributed by atoms with Crippen LogP contribution in [0.2, 0.25) is 0 Å². The molecule has 0 unspecified atom stereocenters. The number of ether oxygens (including phenoxy) is 1. The molecule has 0 radical (unpaired) electrons. The van der Waals surface area contributed by atoms with E-state index >= 15 is 0 Å². The molecule has 0 heterocycles. The van der Waals surface area contributed by atoms with Crippen molar-refractivity contribution in [2.24, 2.45) is 5.92 Å². The monoisotopic (exact) mass is 255 g/mol. The molecule has 18 heavy (non-hydrogen) atoms. The molecule has 0 rings (SSSR count). The predicted molar refractivity (Wildman–Crippen MR) is 73.1 cm³/mol. The molecule has 2 atom stereocenters. The van der Waals surface area contributed by atoms with E-state index in [-0.39, 0.29) is 24.1 Å². The Hall–Kier alpha value is -1.29. The molecule has 0 aromatic carbocycles. The molecule has 0 aliphatic rings. The summed E-state index contributed by atoms with van der Waals surface area (Å²) in [6.45, 7) is 13.1. The topological polar surface area (TPSA) is 49.8 Å². The summed E-state index contributed by atoms with van der Waals surface area (Å²) in [5.41, 5.74) is 0. The van der Waals surface area contributed by atoms with Gasteiger partial charge in [-0.05, 0) is 33.8 Å². The summed E-state index contributed by atoms with van der Waals surface area (Å²) < 4.78 is 5.05. The summed E-state index contributed by atoms with van der Waals surface area (Å²) in [5, 5.41) is 9.46. The number of hydrogen-bond donors (Lipinski definition) is 1. The lowest BCUT2D eigenvalue weighted by Crippen LogP contribution is -2.41. The number of aliphatic hydroxyl groups excluding tert-OH is 1. The molecule has 104 valence electrons. The SMILES string of the molecule is C=C[C@@H](O)[C@@H](C)/C=C/OC(=O)N(C(C)C)C(C)C. The highest BCUT2D eigenvalue weighted by Crippen LogP contribution is 2.09. The molecule has 1 N–H and O–H groups in total. The van der Waals surface area contributed by atoms with Crippen molar-refractivity contribution in [2.75, 3.05) is 0 Å². The molecular weight excluding hydrogens is 230 g/mol. The van der Waals surface area contributed by atoms with E-state index in [2.05, 4.69) is 6.58 Å². The minimum absolute atomic E-state index is 0.0853. The second kappa shape index (κ2) is 7.93. The Morgan fingerprint density at radius 1 is 1.22 bits per heavy atom. The van der Waals surface area contributed by atoms with Crippen molar-refractivity contribution in [3.63, 3.8) is 0 Å². The number of aliphatic hydroxyl groups is 1. The molecule has 4 nitrogen and oxygen atoms in total. The zero-order valence-corrected chi connectivity index (χ0v) is 12.0. The van der Waals surface area contributed by atoms with Crippen LogP contribution in [0.3, 0.4) is 0 Å². The lowest BCUT2D eigenvalue weighted by molar-refractivity contribution is 0.108. The molecule has 0 aliphatic heterocycles. The van der Waals surface area contributed by atoms with Crippen LogP contribution in [0.25, 0.3) is 0 Å². The molecule has 0 spiro atoms. The lowest BCUT2D eigenvalue weighted by atomic mass is 10.1. The van der Waals surface area contributed by atoms with Crippen LogP contribution >= 0.6 is 0 Å². The minimum atomic E-state index is -0.633. The molecule has 0 aromatic heterocycles. The first-order valence-corrected chi connectivity index (χ1v) is 6.27. The fourth-order valence-electron chi connectivity index (χ4n) is 1.63. The maximum Gasteiger partial charge on any atom is 0.415 e. The van der Waals surface area contributed by atoms with Crippen molar-refractivity contribution < 1.29 is 14.6 Å². The van der Waals surface area contributed by atoms with E-state index < -0.39 is 6.10 Å². The van der Waals surface area contributed by atoms with Crippen molar-refractivity contribution in [1.29, 1.82) is 0 Å². The highest BCUT2D eigenvalue weighted by atomic mass is 16.5. The van der Waals surface area contributed by atoms with E-state index in [1.54, 1.807) is 11.0 Å². The van der Waals surface area contributed by atoms with Crippen LogP contribution in [0.4, 0.5) is 4.79 Å². The van der Waals surface area contributed by atoms with E-state index in [9.17, 15) is 9.90 Å². The van der Waals surface area contributed by atoms with Crippen LogP contribution in [-0.4, -0.2) is 34.3 Å². The Morgan fingerprint density at radius 3 is 2.11 bits per heavy atom. The van der Waals surface area contributed by atoms with E-state index in [0.717, 1.165) is 0 Å². The van der Waals surface area contributed by atoms with Gasteiger partial charge in [0.1, 0.15) is 0 Å². The zero-order chi connectivity index (χ0) is 14.3. The number of nitrogens with zero attached hydrogens (tertiary/aromatic N) is 1. The van der Waals surface area contributed by atoms with Crippen LogP contribution in [0.5, 0.6) is 0 Å². The van der Waals surface area contributed by atoms with E-state index in [1.807, 2.05) is 34.6 Å². The Bertz CT molecular complexity index is 289. The van der Waals surface area contributed by atoms with Gasteiger partial charge in [0.15, 0.2) is 0 Å². The van der Waals surface area contributed by atoms with E-state index in [4.69, 9.17) is 4.74 Å². The molecule has 0 saturated heterocycles. The maximum absolute atomic E-state index is 11.8. The third-order valence-electron chi connectivity index (χ3n) is 2.65. The summed E-state index contributed by atoms with van der Waals surface area (Å²) in [6.07, 6.45) is 3.41. The van der Waals surface area contributed by atoms with E-state index in [0.29, 0.717) is 0 Å². The molecule has 0 bridgehead atoms. The van der Waals surface area contributed by atoms with Crippen molar-refractivity contribution in [3.8, 4) is 0 Å².